The van der Waals surface area contributed by atoms with E-state index in [2.05, 4.69) is 22.2 Å². The van der Waals surface area contributed by atoms with Gasteiger partial charge in [0, 0.05) is 38.2 Å². The third kappa shape index (κ3) is 4.03. The van der Waals surface area contributed by atoms with Crippen LogP contribution in [0.2, 0.25) is 0 Å². The molecule has 1 N–H and O–H groups in total. The van der Waals surface area contributed by atoms with Gasteiger partial charge < -0.3 is 10.2 Å². The summed E-state index contributed by atoms with van der Waals surface area (Å²) in [7, 11) is 0. The zero-order chi connectivity index (χ0) is 17.8. The molecule has 2 atom stereocenters. The summed E-state index contributed by atoms with van der Waals surface area (Å²) in [6, 6.07) is 2.40. The van der Waals surface area contributed by atoms with E-state index >= 15 is 0 Å². The average Bonchev–Trinajstić information content (AvgIpc) is 3.28. The number of nitrogens with zero attached hydrogens (tertiary/aromatic N) is 4. The summed E-state index contributed by atoms with van der Waals surface area (Å²) >= 11 is 0. The number of hydrogen-bond donors (Lipinski definition) is 1. The minimum absolute atomic E-state index is 0.00266. The molecule has 2 amide bonds. The number of nitrogens with one attached hydrogen (secondary N) is 1. The molecule has 7 nitrogen and oxygen atoms in total. The van der Waals surface area contributed by atoms with Gasteiger partial charge in [-0.3, -0.25) is 14.5 Å². The Morgan fingerprint density at radius 2 is 2.00 bits per heavy atom. The Morgan fingerprint density at radius 1 is 1.24 bits per heavy atom. The summed E-state index contributed by atoms with van der Waals surface area (Å²) < 4.78 is 1.83. The lowest BCUT2D eigenvalue weighted by Gasteiger charge is -2.34. The third-order valence-electron chi connectivity index (χ3n) is 5.33. The van der Waals surface area contributed by atoms with Crippen molar-refractivity contribution in [2.45, 2.75) is 64.6 Å². The molecule has 2 saturated heterocycles. The molecule has 3 heterocycles. The van der Waals surface area contributed by atoms with Gasteiger partial charge in [-0.1, -0.05) is 6.92 Å². The van der Waals surface area contributed by atoms with Gasteiger partial charge in [0.05, 0.1) is 12.7 Å². The quantitative estimate of drug-likeness (QED) is 0.850. The summed E-state index contributed by atoms with van der Waals surface area (Å²) in [4.78, 5) is 28.6. The molecule has 0 unspecified atom stereocenters. The zero-order valence-corrected chi connectivity index (χ0v) is 15.3. The van der Waals surface area contributed by atoms with E-state index < -0.39 is 0 Å². The smallest absolute Gasteiger partial charge is 0.239 e. The molecule has 25 heavy (non-hydrogen) atoms. The Bertz CT molecular complexity index is 614. The average molecular weight is 347 g/mol. The summed E-state index contributed by atoms with van der Waals surface area (Å²) in [5.41, 5.74) is 0. The van der Waals surface area contributed by atoms with Gasteiger partial charge >= 0.3 is 0 Å². The lowest BCUT2D eigenvalue weighted by atomic mass is 10.0. The van der Waals surface area contributed by atoms with Crippen molar-refractivity contribution in [3.8, 4) is 0 Å². The Labute approximate surface area is 149 Å². The molecule has 2 aliphatic heterocycles. The summed E-state index contributed by atoms with van der Waals surface area (Å²) in [6.07, 6.45) is 6.96. The van der Waals surface area contributed by atoms with Gasteiger partial charge in [0.2, 0.25) is 11.8 Å². The van der Waals surface area contributed by atoms with Crippen molar-refractivity contribution in [2.75, 3.05) is 25.0 Å². The Hall–Kier alpha value is -1.89. The number of amides is 2. The first-order chi connectivity index (χ1) is 12.1. The lowest BCUT2D eigenvalue weighted by molar-refractivity contribution is -0.130. The van der Waals surface area contributed by atoms with Crippen LogP contribution in [0.4, 0.5) is 5.82 Å². The van der Waals surface area contributed by atoms with Crippen LogP contribution >= 0.6 is 0 Å². The molecule has 1 aromatic heterocycles. The van der Waals surface area contributed by atoms with E-state index in [0.717, 1.165) is 57.6 Å². The van der Waals surface area contributed by atoms with Gasteiger partial charge in [-0.15, -0.1) is 0 Å². The van der Waals surface area contributed by atoms with Crippen LogP contribution in [0.1, 0.15) is 46.0 Å². The molecular weight excluding hydrogens is 318 g/mol. The molecule has 0 spiro atoms. The highest BCUT2D eigenvalue weighted by molar-refractivity contribution is 5.91. The Kier molecular flexibility index (Phi) is 5.73. The molecule has 138 valence electrons. The van der Waals surface area contributed by atoms with Crippen LogP contribution in [0.25, 0.3) is 0 Å². The second-order valence-electron chi connectivity index (χ2n) is 7.09. The lowest BCUT2D eigenvalue weighted by Crippen LogP contribution is -2.49. The first kappa shape index (κ1) is 17.9. The maximum atomic E-state index is 12.5. The normalized spacial score (nSPS) is 24.0. The van der Waals surface area contributed by atoms with Crippen LogP contribution in [0.3, 0.4) is 0 Å². The topological polar surface area (TPSA) is 70.5 Å². The first-order valence-corrected chi connectivity index (χ1v) is 9.43. The molecule has 7 heteroatoms. The molecule has 3 rings (SSSR count). The van der Waals surface area contributed by atoms with Crippen molar-refractivity contribution >= 4 is 17.6 Å². The molecule has 1 aromatic rings. The number of carbonyl (C=O) groups is 2. The first-order valence-electron chi connectivity index (χ1n) is 9.43. The van der Waals surface area contributed by atoms with Gasteiger partial charge in [-0.2, -0.15) is 5.10 Å². The number of likely N-dealkylation sites (tertiary alicyclic amines) is 2. The van der Waals surface area contributed by atoms with E-state index in [1.807, 2.05) is 15.6 Å². The SMILES string of the molecule is CCCn1nccc1NC(=O)CN1CCC[C@H]1[C@H]1CCCN1C(C)=O. The highest BCUT2D eigenvalue weighted by Gasteiger charge is 2.39. The number of aromatic nitrogens is 2. The van der Waals surface area contributed by atoms with E-state index in [9.17, 15) is 9.59 Å². The highest BCUT2D eigenvalue weighted by Crippen LogP contribution is 2.29. The second kappa shape index (κ2) is 7.99. The molecule has 0 bridgehead atoms. The molecule has 0 aliphatic carbocycles. The van der Waals surface area contributed by atoms with Gasteiger partial charge in [-0.05, 0) is 38.6 Å². The summed E-state index contributed by atoms with van der Waals surface area (Å²) in [6.45, 7) is 6.69. The van der Waals surface area contributed by atoms with Crippen LogP contribution in [0, 0.1) is 0 Å². The number of hydrogen-bond acceptors (Lipinski definition) is 4. The van der Waals surface area contributed by atoms with Crippen LogP contribution in [-0.2, 0) is 16.1 Å². The van der Waals surface area contributed by atoms with Crippen LogP contribution in [0.15, 0.2) is 12.3 Å². The van der Waals surface area contributed by atoms with E-state index in [0.29, 0.717) is 12.6 Å². The van der Waals surface area contributed by atoms with Crippen LogP contribution in [0.5, 0.6) is 0 Å². The van der Waals surface area contributed by atoms with E-state index in [1.54, 1.807) is 13.1 Å². The van der Waals surface area contributed by atoms with Crippen molar-refractivity contribution in [2.24, 2.45) is 0 Å². The predicted molar refractivity (Wildman–Crippen MR) is 96.2 cm³/mol. The van der Waals surface area contributed by atoms with E-state index in [1.165, 1.54) is 0 Å². The van der Waals surface area contributed by atoms with Crippen molar-refractivity contribution in [1.29, 1.82) is 0 Å². The molecule has 0 aromatic carbocycles. The maximum Gasteiger partial charge on any atom is 0.239 e. The molecular formula is C18H29N5O2. The van der Waals surface area contributed by atoms with E-state index in [4.69, 9.17) is 0 Å². The van der Waals surface area contributed by atoms with Gasteiger partial charge in [-0.25, -0.2) is 4.68 Å². The fourth-order valence-electron chi connectivity index (χ4n) is 4.26. The molecule has 2 aliphatic rings. The summed E-state index contributed by atoms with van der Waals surface area (Å²) in [5, 5.41) is 7.23. The fraction of sp³-hybridized carbons (Fsp3) is 0.722. The maximum absolute atomic E-state index is 12.5. The van der Waals surface area contributed by atoms with Gasteiger partial charge in [0.1, 0.15) is 5.82 Å². The number of carbonyl (C=O) groups excluding carboxylic acids is 2. The fourth-order valence-corrected chi connectivity index (χ4v) is 4.26. The van der Waals surface area contributed by atoms with Crippen molar-refractivity contribution in [1.82, 2.24) is 19.6 Å². The summed E-state index contributed by atoms with van der Waals surface area (Å²) in [5.74, 6) is 0.910. The Balaban J connectivity index is 1.60. The number of anilines is 1. The zero-order valence-electron chi connectivity index (χ0n) is 15.3. The minimum atomic E-state index is -0.00266. The Morgan fingerprint density at radius 3 is 2.76 bits per heavy atom. The highest BCUT2D eigenvalue weighted by atomic mass is 16.2. The minimum Gasteiger partial charge on any atom is -0.338 e. The predicted octanol–water partition coefficient (Wildman–Crippen LogP) is 1.71. The number of aryl methyl sites for hydroxylation is 1. The van der Waals surface area contributed by atoms with Gasteiger partial charge in [0.25, 0.3) is 0 Å². The standard InChI is InChI=1S/C18H29N5O2/c1-3-10-23-17(8-9-19-23)20-18(25)13-21-11-4-6-15(21)16-7-5-12-22(16)14(2)24/h8-9,15-16H,3-7,10-13H2,1-2H3,(H,20,25)/t15-,16+/m0/s1. The second-order valence-corrected chi connectivity index (χ2v) is 7.09. The third-order valence-corrected chi connectivity index (χ3v) is 5.33. The molecule has 0 radical (unpaired) electrons. The molecule has 0 saturated carbocycles. The number of rotatable bonds is 6. The van der Waals surface area contributed by atoms with Crippen LogP contribution in [-0.4, -0.2) is 63.1 Å². The monoisotopic (exact) mass is 347 g/mol. The van der Waals surface area contributed by atoms with Crippen molar-refractivity contribution < 1.29 is 9.59 Å². The van der Waals surface area contributed by atoms with E-state index in [-0.39, 0.29) is 17.9 Å². The van der Waals surface area contributed by atoms with Gasteiger partial charge in [0.15, 0.2) is 0 Å². The largest absolute Gasteiger partial charge is 0.338 e. The molecule has 2 fully saturated rings. The van der Waals surface area contributed by atoms with Crippen molar-refractivity contribution in [3.05, 3.63) is 12.3 Å². The van der Waals surface area contributed by atoms with Crippen molar-refractivity contribution in [3.63, 3.8) is 0 Å². The van der Waals surface area contributed by atoms with Crippen LogP contribution < -0.4 is 5.32 Å².